The van der Waals surface area contributed by atoms with Gasteiger partial charge >= 0.3 is 5.97 Å². The summed E-state index contributed by atoms with van der Waals surface area (Å²) in [5, 5.41) is 12.3. The van der Waals surface area contributed by atoms with Crippen LogP contribution in [0.25, 0.3) is 0 Å². The number of carboxylic acid groups (broad SMARTS) is 1. The number of aryl methyl sites for hydroxylation is 1. The fourth-order valence-electron chi connectivity index (χ4n) is 3.61. The lowest BCUT2D eigenvalue weighted by atomic mass is 9.85. The van der Waals surface area contributed by atoms with Crippen LogP contribution >= 0.6 is 0 Å². The normalized spacial score (nSPS) is 12.4. The number of rotatable bonds is 9. The molecule has 1 aromatic heterocycles. The maximum atomic E-state index is 13.0. The van der Waals surface area contributed by atoms with Crippen molar-refractivity contribution < 1.29 is 14.7 Å². The molecule has 1 amide bonds. The molecule has 0 aliphatic carbocycles. The molecule has 1 atom stereocenters. The molecule has 5 nitrogen and oxygen atoms in total. The number of carbonyl (C=O) groups is 2. The van der Waals surface area contributed by atoms with E-state index in [1.54, 1.807) is 18.2 Å². The van der Waals surface area contributed by atoms with Gasteiger partial charge in [-0.3, -0.25) is 9.78 Å². The highest BCUT2D eigenvalue weighted by Crippen LogP contribution is 2.32. The molecule has 162 valence electrons. The van der Waals surface area contributed by atoms with E-state index in [-0.39, 0.29) is 22.8 Å². The highest BCUT2D eigenvalue weighted by atomic mass is 16.4. The average molecular weight is 411 g/mol. The minimum Gasteiger partial charge on any atom is -0.478 e. The minimum atomic E-state index is -1.01. The Kier molecular flexibility index (Phi) is 8.16. The van der Waals surface area contributed by atoms with Crippen molar-refractivity contribution in [3.8, 4) is 0 Å². The van der Waals surface area contributed by atoms with E-state index >= 15 is 0 Å². The number of aromatic carboxylic acids is 1. The number of carboxylic acids is 1. The lowest BCUT2D eigenvalue weighted by Gasteiger charge is -2.24. The second kappa shape index (κ2) is 10.4. The molecule has 2 rings (SSSR count). The van der Waals surface area contributed by atoms with Gasteiger partial charge in [-0.05, 0) is 54.0 Å². The van der Waals surface area contributed by atoms with E-state index in [2.05, 4.69) is 23.3 Å². The van der Waals surface area contributed by atoms with Crippen LogP contribution in [-0.4, -0.2) is 22.0 Å². The first-order chi connectivity index (χ1) is 14.1. The van der Waals surface area contributed by atoms with Crippen molar-refractivity contribution in [2.75, 3.05) is 5.32 Å². The van der Waals surface area contributed by atoms with Crippen LogP contribution in [0.1, 0.15) is 92.9 Å². The van der Waals surface area contributed by atoms with E-state index in [4.69, 9.17) is 0 Å². The topological polar surface area (TPSA) is 79.3 Å². The van der Waals surface area contributed by atoms with Gasteiger partial charge in [0.15, 0.2) is 0 Å². The second-order valence-electron chi connectivity index (χ2n) is 8.99. The van der Waals surface area contributed by atoms with Crippen LogP contribution < -0.4 is 5.32 Å². The Morgan fingerprint density at radius 3 is 2.43 bits per heavy atom. The maximum Gasteiger partial charge on any atom is 0.335 e. The zero-order chi connectivity index (χ0) is 22.3. The number of carbonyl (C=O) groups excluding carboxylic acids is 1. The quantitative estimate of drug-likeness (QED) is 0.491. The summed E-state index contributed by atoms with van der Waals surface area (Å²) < 4.78 is 0. The predicted octanol–water partition coefficient (Wildman–Crippen LogP) is 6.08. The summed E-state index contributed by atoms with van der Waals surface area (Å²) in [4.78, 5) is 28.8. The Balaban J connectivity index is 2.24. The van der Waals surface area contributed by atoms with Gasteiger partial charge < -0.3 is 10.4 Å². The third-order valence-electron chi connectivity index (χ3n) is 5.34. The summed E-state index contributed by atoms with van der Waals surface area (Å²) in [5.41, 5.74) is 3.46. The third-order valence-corrected chi connectivity index (χ3v) is 5.34. The molecule has 0 saturated carbocycles. The van der Waals surface area contributed by atoms with Gasteiger partial charge in [-0.15, -0.1) is 0 Å². The molecular formula is C25H34N2O3. The Labute approximate surface area is 179 Å². The zero-order valence-electron chi connectivity index (χ0n) is 18.8. The summed E-state index contributed by atoms with van der Waals surface area (Å²) >= 11 is 0. The number of unbranched alkanes of at least 4 members (excludes halogenated alkanes) is 2. The van der Waals surface area contributed by atoms with Gasteiger partial charge in [0.25, 0.3) is 0 Å². The first-order valence-electron chi connectivity index (χ1n) is 10.7. The molecule has 0 spiro atoms. The van der Waals surface area contributed by atoms with Gasteiger partial charge in [0.2, 0.25) is 5.91 Å². The van der Waals surface area contributed by atoms with Crippen molar-refractivity contribution >= 4 is 17.6 Å². The van der Waals surface area contributed by atoms with Crippen molar-refractivity contribution in [2.24, 2.45) is 0 Å². The Morgan fingerprint density at radius 1 is 1.13 bits per heavy atom. The number of anilines is 1. The van der Waals surface area contributed by atoms with Gasteiger partial charge in [0.1, 0.15) is 0 Å². The lowest BCUT2D eigenvalue weighted by molar-refractivity contribution is -0.116. The molecule has 0 radical (unpaired) electrons. The number of nitrogens with one attached hydrogen (secondary N) is 1. The summed E-state index contributed by atoms with van der Waals surface area (Å²) in [7, 11) is 0. The summed E-state index contributed by atoms with van der Waals surface area (Å²) in [5.74, 6) is -1.02. The Hall–Kier alpha value is -2.69. The van der Waals surface area contributed by atoms with Gasteiger partial charge in [-0.25, -0.2) is 4.79 Å². The van der Waals surface area contributed by atoms with E-state index in [1.807, 2.05) is 40.0 Å². The monoisotopic (exact) mass is 410 g/mol. The van der Waals surface area contributed by atoms with Crippen LogP contribution in [0, 0.1) is 6.92 Å². The number of nitrogens with zero attached hydrogens (tertiary/aromatic N) is 1. The van der Waals surface area contributed by atoms with Crippen molar-refractivity contribution in [2.45, 2.75) is 78.1 Å². The van der Waals surface area contributed by atoms with Crippen LogP contribution in [-0.2, 0) is 10.2 Å². The smallest absolute Gasteiger partial charge is 0.335 e. The van der Waals surface area contributed by atoms with Gasteiger partial charge in [0.05, 0.1) is 5.56 Å². The number of benzene rings is 1. The van der Waals surface area contributed by atoms with E-state index < -0.39 is 5.97 Å². The van der Waals surface area contributed by atoms with Crippen molar-refractivity contribution in [1.82, 2.24) is 4.98 Å². The molecule has 1 aromatic carbocycles. The lowest BCUT2D eigenvalue weighted by Crippen LogP contribution is -2.21. The summed E-state index contributed by atoms with van der Waals surface area (Å²) in [6.07, 6.45) is 6.45. The minimum absolute atomic E-state index is 0.0883. The molecular weight excluding hydrogens is 376 g/mol. The van der Waals surface area contributed by atoms with E-state index in [0.29, 0.717) is 12.1 Å². The molecule has 0 saturated heterocycles. The summed E-state index contributed by atoms with van der Waals surface area (Å²) in [6.45, 7) is 10.3. The molecule has 30 heavy (non-hydrogen) atoms. The molecule has 0 aliphatic heterocycles. The fraction of sp³-hybridized carbons (Fsp3) is 0.480. The van der Waals surface area contributed by atoms with Crippen LogP contribution in [0.3, 0.4) is 0 Å². The van der Waals surface area contributed by atoms with E-state index in [9.17, 15) is 14.7 Å². The van der Waals surface area contributed by atoms with Crippen LogP contribution in [0.5, 0.6) is 0 Å². The third kappa shape index (κ3) is 6.68. The Bertz CT molecular complexity index is 867. The second-order valence-corrected chi connectivity index (χ2v) is 8.99. The molecule has 1 unspecified atom stereocenters. The molecule has 0 aliphatic rings. The number of pyridine rings is 1. The number of hydrogen-bond donors (Lipinski definition) is 2. The van der Waals surface area contributed by atoms with Gasteiger partial charge in [0, 0.05) is 24.0 Å². The van der Waals surface area contributed by atoms with Gasteiger partial charge in [-0.2, -0.15) is 0 Å². The number of hydrogen-bond acceptors (Lipinski definition) is 3. The highest BCUT2D eigenvalue weighted by molar-refractivity contribution is 5.95. The van der Waals surface area contributed by atoms with E-state index in [1.165, 1.54) is 0 Å². The molecule has 2 N–H and O–H groups in total. The fourth-order valence-corrected chi connectivity index (χ4v) is 3.61. The summed E-state index contributed by atoms with van der Waals surface area (Å²) in [6, 6.07) is 8.97. The van der Waals surface area contributed by atoms with Gasteiger partial charge in [-0.1, -0.05) is 59.1 Å². The molecule has 0 bridgehead atoms. The van der Waals surface area contributed by atoms with Crippen LogP contribution in [0.2, 0.25) is 0 Å². The van der Waals surface area contributed by atoms with Crippen LogP contribution in [0.4, 0.5) is 5.69 Å². The zero-order valence-corrected chi connectivity index (χ0v) is 18.8. The number of aromatic nitrogens is 1. The molecule has 1 heterocycles. The first kappa shape index (κ1) is 23.6. The largest absolute Gasteiger partial charge is 0.478 e. The average Bonchev–Trinajstić information content (AvgIpc) is 2.67. The van der Waals surface area contributed by atoms with Crippen molar-refractivity contribution in [1.29, 1.82) is 0 Å². The number of amides is 1. The Morgan fingerprint density at radius 2 is 1.87 bits per heavy atom. The molecule has 5 heteroatoms. The maximum absolute atomic E-state index is 13.0. The highest BCUT2D eigenvalue weighted by Gasteiger charge is 2.22. The molecule has 2 aromatic rings. The standard InChI is InChI=1S/C25H34N2O3/c1-6-7-8-9-18(20-11-10-17(2)26-16-20)15-23(28)27-22-14-19(24(29)30)12-13-21(22)25(3,4)5/h10-14,16,18H,6-9,15H2,1-5H3,(H,27,28)(H,29,30). The SMILES string of the molecule is CCCCCC(CC(=O)Nc1cc(C(=O)O)ccc1C(C)(C)C)c1ccc(C)nc1. The van der Waals surface area contributed by atoms with Crippen LogP contribution in [0.15, 0.2) is 36.5 Å². The first-order valence-corrected chi connectivity index (χ1v) is 10.7. The predicted molar refractivity (Wildman–Crippen MR) is 121 cm³/mol. The van der Waals surface area contributed by atoms with E-state index in [0.717, 1.165) is 42.5 Å². The van der Waals surface area contributed by atoms with Crippen molar-refractivity contribution in [3.05, 3.63) is 58.9 Å². The molecule has 0 fully saturated rings. The van der Waals surface area contributed by atoms with Crippen molar-refractivity contribution in [3.63, 3.8) is 0 Å².